The largest absolute Gasteiger partial charge is 0.272 e. The standard InChI is InChI=1S/C13H19NO2/c15-13(10-4-2-1-3-5-10)14-11-6-8-12(16-14)9-7-11/h6,8,10-12H,1-5,7,9H2. The van der Waals surface area contributed by atoms with Crippen molar-refractivity contribution in [2.45, 2.75) is 57.1 Å². The van der Waals surface area contributed by atoms with Crippen LogP contribution in [0.4, 0.5) is 0 Å². The van der Waals surface area contributed by atoms with Crippen molar-refractivity contribution in [3.05, 3.63) is 12.2 Å². The second-order valence-corrected chi connectivity index (χ2v) is 5.17. The van der Waals surface area contributed by atoms with Gasteiger partial charge in [0.15, 0.2) is 0 Å². The molecular weight excluding hydrogens is 202 g/mol. The van der Waals surface area contributed by atoms with Crippen molar-refractivity contribution in [1.82, 2.24) is 5.06 Å². The number of nitrogens with zero attached hydrogens (tertiary/aromatic N) is 1. The Hall–Kier alpha value is -0.830. The van der Waals surface area contributed by atoms with Gasteiger partial charge in [-0.1, -0.05) is 31.4 Å². The van der Waals surface area contributed by atoms with Gasteiger partial charge in [0.2, 0.25) is 5.91 Å². The summed E-state index contributed by atoms with van der Waals surface area (Å²) >= 11 is 0. The van der Waals surface area contributed by atoms with E-state index >= 15 is 0 Å². The van der Waals surface area contributed by atoms with Crippen molar-refractivity contribution in [3.8, 4) is 0 Å². The van der Waals surface area contributed by atoms with Crippen LogP contribution in [0.3, 0.4) is 0 Å². The molecule has 2 aliphatic heterocycles. The van der Waals surface area contributed by atoms with E-state index in [9.17, 15) is 4.79 Å². The maximum absolute atomic E-state index is 12.3. The minimum absolute atomic E-state index is 0.151. The molecule has 2 heterocycles. The van der Waals surface area contributed by atoms with Gasteiger partial charge in [0.1, 0.15) is 6.10 Å². The van der Waals surface area contributed by atoms with E-state index in [1.54, 1.807) is 5.06 Å². The van der Waals surface area contributed by atoms with Crippen molar-refractivity contribution in [2.75, 3.05) is 0 Å². The molecule has 4 aliphatic rings. The van der Waals surface area contributed by atoms with Gasteiger partial charge in [-0.15, -0.1) is 0 Å². The Kier molecular flexibility index (Phi) is 2.72. The van der Waals surface area contributed by atoms with E-state index in [1.807, 2.05) is 0 Å². The van der Waals surface area contributed by atoms with E-state index in [-0.39, 0.29) is 24.0 Å². The van der Waals surface area contributed by atoms with E-state index in [4.69, 9.17) is 4.84 Å². The summed E-state index contributed by atoms with van der Waals surface area (Å²) in [6, 6.07) is 0.208. The first kappa shape index (κ1) is 10.3. The number of hydroxylamine groups is 2. The molecule has 2 unspecified atom stereocenters. The third-order valence-electron chi connectivity index (χ3n) is 4.02. The molecule has 2 atom stereocenters. The van der Waals surface area contributed by atoms with Gasteiger partial charge in [0.05, 0.1) is 6.04 Å². The highest BCUT2D eigenvalue weighted by atomic mass is 16.7. The Bertz CT molecular complexity index is 307. The fourth-order valence-corrected chi connectivity index (χ4v) is 3.03. The second kappa shape index (κ2) is 4.21. The van der Waals surface area contributed by atoms with Crippen molar-refractivity contribution in [1.29, 1.82) is 0 Å². The van der Waals surface area contributed by atoms with Crippen LogP contribution in [0.5, 0.6) is 0 Å². The zero-order valence-corrected chi connectivity index (χ0v) is 9.60. The maximum Gasteiger partial charge on any atom is 0.249 e. The predicted molar refractivity (Wildman–Crippen MR) is 60.5 cm³/mol. The first-order valence-electron chi connectivity index (χ1n) is 6.53. The van der Waals surface area contributed by atoms with Gasteiger partial charge in [-0.25, -0.2) is 5.06 Å². The Morgan fingerprint density at radius 2 is 1.88 bits per heavy atom. The molecule has 2 aliphatic carbocycles. The highest BCUT2D eigenvalue weighted by molar-refractivity contribution is 5.78. The van der Waals surface area contributed by atoms with Crippen molar-refractivity contribution in [2.24, 2.45) is 5.92 Å². The molecule has 0 radical (unpaired) electrons. The normalized spacial score (nSPS) is 34.4. The van der Waals surface area contributed by atoms with Crippen molar-refractivity contribution in [3.63, 3.8) is 0 Å². The number of amides is 1. The van der Waals surface area contributed by atoms with Crippen LogP contribution in [-0.2, 0) is 9.63 Å². The number of carbonyl (C=O) groups is 1. The second-order valence-electron chi connectivity index (χ2n) is 5.17. The van der Waals surface area contributed by atoms with Gasteiger partial charge in [-0.2, -0.15) is 0 Å². The molecule has 0 aromatic heterocycles. The fourth-order valence-electron chi connectivity index (χ4n) is 3.03. The molecule has 2 bridgehead atoms. The Balaban J connectivity index is 1.68. The number of rotatable bonds is 1. The first-order chi connectivity index (χ1) is 7.84. The number of hydrogen-bond donors (Lipinski definition) is 0. The molecule has 16 heavy (non-hydrogen) atoms. The third kappa shape index (κ3) is 1.77. The summed E-state index contributed by atoms with van der Waals surface area (Å²) in [6.45, 7) is 0. The van der Waals surface area contributed by atoms with Crippen LogP contribution < -0.4 is 0 Å². The molecular formula is C13H19NO2. The van der Waals surface area contributed by atoms with E-state index in [2.05, 4.69) is 12.2 Å². The van der Waals surface area contributed by atoms with Crippen LogP contribution in [0.25, 0.3) is 0 Å². The van der Waals surface area contributed by atoms with Crippen LogP contribution in [0.2, 0.25) is 0 Å². The van der Waals surface area contributed by atoms with E-state index in [1.165, 1.54) is 19.3 Å². The summed E-state index contributed by atoms with van der Waals surface area (Å²) in [7, 11) is 0. The zero-order chi connectivity index (χ0) is 11.0. The summed E-state index contributed by atoms with van der Waals surface area (Å²) in [4.78, 5) is 18.0. The smallest absolute Gasteiger partial charge is 0.249 e. The van der Waals surface area contributed by atoms with Gasteiger partial charge in [0, 0.05) is 5.92 Å². The zero-order valence-electron chi connectivity index (χ0n) is 9.60. The minimum atomic E-state index is 0.151. The highest BCUT2D eigenvalue weighted by Gasteiger charge is 2.37. The van der Waals surface area contributed by atoms with E-state index in [0.29, 0.717) is 0 Å². The van der Waals surface area contributed by atoms with Crippen LogP contribution in [0, 0.1) is 5.92 Å². The van der Waals surface area contributed by atoms with E-state index < -0.39 is 0 Å². The predicted octanol–water partition coefficient (Wildman–Crippen LogP) is 2.43. The number of carbonyl (C=O) groups excluding carboxylic acids is 1. The van der Waals surface area contributed by atoms with Gasteiger partial charge in [-0.3, -0.25) is 9.63 Å². The minimum Gasteiger partial charge on any atom is -0.272 e. The molecule has 4 rings (SSSR count). The molecule has 3 heteroatoms. The lowest BCUT2D eigenvalue weighted by molar-refractivity contribution is -0.234. The monoisotopic (exact) mass is 221 g/mol. The fraction of sp³-hybridized carbons (Fsp3) is 0.769. The summed E-state index contributed by atoms with van der Waals surface area (Å²) in [5, 5.41) is 1.67. The average molecular weight is 221 g/mol. The molecule has 0 N–H and O–H groups in total. The Labute approximate surface area is 96.4 Å². The third-order valence-corrected chi connectivity index (χ3v) is 4.02. The molecule has 1 saturated carbocycles. The van der Waals surface area contributed by atoms with Gasteiger partial charge < -0.3 is 0 Å². The van der Waals surface area contributed by atoms with Crippen molar-refractivity contribution < 1.29 is 9.63 Å². The molecule has 0 aromatic rings. The molecule has 1 amide bonds. The van der Waals surface area contributed by atoms with Gasteiger partial charge in [0.25, 0.3) is 0 Å². The number of hydrogen-bond acceptors (Lipinski definition) is 2. The Morgan fingerprint density at radius 1 is 1.06 bits per heavy atom. The van der Waals surface area contributed by atoms with Crippen LogP contribution in [0.1, 0.15) is 44.9 Å². The lowest BCUT2D eigenvalue weighted by Crippen LogP contribution is -2.50. The average Bonchev–Trinajstić information content (AvgIpc) is 2.40. The summed E-state index contributed by atoms with van der Waals surface area (Å²) < 4.78 is 0. The highest BCUT2D eigenvalue weighted by Crippen LogP contribution is 2.32. The lowest BCUT2D eigenvalue weighted by atomic mass is 9.87. The first-order valence-corrected chi connectivity index (χ1v) is 6.53. The van der Waals surface area contributed by atoms with Gasteiger partial charge >= 0.3 is 0 Å². The lowest BCUT2D eigenvalue weighted by Gasteiger charge is -2.42. The van der Waals surface area contributed by atoms with Crippen molar-refractivity contribution >= 4 is 5.91 Å². The molecule has 0 aromatic carbocycles. The van der Waals surface area contributed by atoms with E-state index in [0.717, 1.165) is 25.7 Å². The summed E-state index contributed by atoms with van der Waals surface area (Å²) in [5.74, 6) is 0.459. The quantitative estimate of drug-likeness (QED) is 0.636. The number of fused-ring (bicyclic) bond motifs is 2. The van der Waals surface area contributed by atoms with Crippen LogP contribution in [-0.4, -0.2) is 23.1 Å². The SMILES string of the molecule is O=C(C1CCCCC1)N1OC2C=CC1CC2. The molecule has 0 spiro atoms. The van der Waals surface area contributed by atoms with Crippen LogP contribution in [0.15, 0.2) is 12.2 Å². The Morgan fingerprint density at radius 3 is 2.44 bits per heavy atom. The topological polar surface area (TPSA) is 29.5 Å². The van der Waals surface area contributed by atoms with Crippen LogP contribution >= 0.6 is 0 Å². The maximum atomic E-state index is 12.3. The molecule has 88 valence electrons. The molecule has 2 fully saturated rings. The molecule has 3 nitrogen and oxygen atoms in total. The molecule has 1 saturated heterocycles. The van der Waals surface area contributed by atoms with Gasteiger partial charge in [-0.05, 0) is 25.7 Å². The summed E-state index contributed by atoms with van der Waals surface area (Å²) in [5.41, 5.74) is 0. The summed E-state index contributed by atoms with van der Waals surface area (Å²) in [6.07, 6.45) is 12.3.